The molecule has 0 aliphatic rings. The summed E-state index contributed by atoms with van der Waals surface area (Å²) >= 11 is 11.9. The third-order valence-corrected chi connectivity index (χ3v) is 3.12. The van der Waals surface area contributed by atoms with Crippen molar-refractivity contribution in [3.8, 4) is 0 Å². The topological polar surface area (TPSA) is 54.0 Å². The van der Waals surface area contributed by atoms with E-state index in [1.165, 1.54) is 6.20 Å². The van der Waals surface area contributed by atoms with Gasteiger partial charge in [-0.1, -0.05) is 30.1 Å². The summed E-state index contributed by atoms with van der Waals surface area (Å²) in [5.74, 6) is -0.142. The van der Waals surface area contributed by atoms with E-state index in [2.05, 4.69) is 15.6 Å². The molecule has 1 amide bonds. The highest BCUT2D eigenvalue weighted by Gasteiger charge is 2.06. The Bertz CT molecular complexity index is 626. The molecule has 21 heavy (non-hydrogen) atoms. The Hall–Kier alpha value is -1.78. The minimum absolute atomic E-state index is 0.142. The minimum atomic E-state index is -0.142. The van der Waals surface area contributed by atoms with Crippen LogP contribution in [0.25, 0.3) is 0 Å². The fraction of sp³-hybridized carbons (Fsp3) is 0.200. The van der Waals surface area contributed by atoms with Crippen molar-refractivity contribution >= 4 is 40.5 Å². The van der Waals surface area contributed by atoms with Gasteiger partial charge < -0.3 is 10.6 Å². The van der Waals surface area contributed by atoms with Gasteiger partial charge >= 0.3 is 0 Å². The first-order valence-electron chi connectivity index (χ1n) is 6.55. The number of pyridine rings is 1. The van der Waals surface area contributed by atoms with Gasteiger partial charge in [0.15, 0.2) is 0 Å². The molecule has 6 heteroatoms. The Balaban J connectivity index is 2.15. The summed E-state index contributed by atoms with van der Waals surface area (Å²) in [7, 11) is 0. The molecule has 0 spiro atoms. The van der Waals surface area contributed by atoms with Crippen molar-refractivity contribution in [2.45, 2.75) is 13.3 Å². The van der Waals surface area contributed by atoms with Crippen LogP contribution in [0.15, 0.2) is 36.7 Å². The second-order valence-corrected chi connectivity index (χ2v) is 5.37. The lowest BCUT2D eigenvalue weighted by Crippen LogP contribution is -2.24. The number of aromatic nitrogens is 1. The molecule has 0 atom stereocenters. The monoisotopic (exact) mass is 323 g/mol. The van der Waals surface area contributed by atoms with E-state index in [1.54, 1.807) is 30.5 Å². The number of rotatable bonds is 5. The Morgan fingerprint density at radius 2 is 1.81 bits per heavy atom. The predicted molar refractivity (Wildman–Crippen MR) is 86.6 cm³/mol. The molecule has 1 aromatic carbocycles. The highest BCUT2D eigenvalue weighted by Crippen LogP contribution is 2.25. The summed E-state index contributed by atoms with van der Waals surface area (Å²) in [5.41, 5.74) is 1.93. The Labute approximate surface area is 133 Å². The molecule has 2 aromatic rings. The molecule has 2 rings (SSSR count). The van der Waals surface area contributed by atoms with Crippen LogP contribution in [0.2, 0.25) is 10.0 Å². The lowest BCUT2D eigenvalue weighted by molar-refractivity contribution is 0.0953. The van der Waals surface area contributed by atoms with Crippen LogP contribution in [0.5, 0.6) is 0 Å². The van der Waals surface area contributed by atoms with E-state index in [0.29, 0.717) is 27.8 Å². The lowest BCUT2D eigenvalue weighted by atomic mass is 10.2. The SMILES string of the molecule is CCCNC(=O)c1cncc(Nc2cc(Cl)cc(Cl)c2)c1. The van der Waals surface area contributed by atoms with Crippen molar-refractivity contribution < 1.29 is 4.79 Å². The normalized spacial score (nSPS) is 10.2. The first-order chi connectivity index (χ1) is 10.1. The van der Waals surface area contributed by atoms with Gasteiger partial charge in [0.1, 0.15) is 0 Å². The summed E-state index contributed by atoms with van der Waals surface area (Å²) in [6.07, 6.45) is 4.05. The maximum atomic E-state index is 11.9. The lowest BCUT2D eigenvalue weighted by Gasteiger charge is -2.09. The van der Waals surface area contributed by atoms with Gasteiger partial charge in [0.2, 0.25) is 0 Å². The van der Waals surface area contributed by atoms with E-state index in [4.69, 9.17) is 23.2 Å². The van der Waals surface area contributed by atoms with Crippen molar-refractivity contribution in [2.75, 3.05) is 11.9 Å². The van der Waals surface area contributed by atoms with E-state index < -0.39 is 0 Å². The zero-order valence-electron chi connectivity index (χ0n) is 11.5. The van der Waals surface area contributed by atoms with Crippen LogP contribution >= 0.6 is 23.2 Å². The number of hydrogen-bond donors (Lipinski definition) is 2. The maximum absolute atomic E-state index is 11.9. The van der Waals surface area contributed by atoms with E-state index >= 15 is 0 Å². The molecule has 0 aliphatic carbocycles. The van der Waals surface area contributed by atoms with Crippen molar-refractivity contribution in [2.24, 2.45) is 0 Å². The Morgan fingerprint density at radius 3 is 2.48 bits per heavy atom. The van der Waals surface area contributed by atoms with Crippen LogP contribution in [0, 0.1) is 0 Å². The highest BCUT2D eigenvalue weighted by molar-refractivity contribution is 6.35. The first kappa shape index (κ1) is 15.6. The number of anilines is 2. The summed E-state index contributed by atoms with van der Waals surface area (Å²) in [5, 5.41) is 7.01. The van der Waals surface area contributed by atoms with Crippen LogP contribution in [0.3, 0.4) is 0 Å². The number of amides is 1. The molecule has 4 nitrogen and oxygen atoms in total. The quantitative estimate of drug-likeness (QED) is 0.863. The summed E-state index contributed by atoms with van der Waals surface area (Å²) in [6, 6.07) is 6.88. The maximum Gasteiger partial charge on any atom is 0.252 e. The number of hydrogen-bond acceptors (Lipinski definition) is 3. The number of nitrogens with zero attached hydrogens (tertiary/aromatic N) is 1. The number of nitrogens with one attached hydrogen (secondary N) is 2. The molecule has 0 unspecified atom stereocenters. The molecule has 0 fully saturated rings. The van der Waals surface area contributed by atoms with Gasteiger partial charge in [0.05, 0.1) is 17.4 Å². The third-order valence-electron chi connectivity index (χ3n) is 2.69. The zero-order valence-corrected chi connectivity index (χ0v) is 13.0. The summed E-state index contributed by atoms with van der Waals surface area (Å²) < 4.78 is 0. The average Bonchev–Trinajstić information content (AvgIpc) is 2.44. The minimum Gasteiger partial charge on any atom is -0.354 e. The van der Waals surface area contributed by atoms with E-state index in [9.17, 15) is 4.79 Å². The molecule has 0 bridgehead atoms. The van der Waals surface area contributed by atoms with Gasteiger partial charge in [-0.05, 0) is 30.7 Å². The summed E-state index contributed by atoms with van der Waals surface area (Å²) in [4.78, 5) is 16.0. The van der Waals surface area contributed by atoms with Crippen molar-refractivity contribution in [3.63, 3.8) is 0 Å². The van der Waals surface area contributed by atoms with Gasteiger partial charge in [0.25, 0.3) is 5.91 Å². The second kappa shape index (κ2) is 7.29. The van der Waals surface area contributed by atoms with E-state index in [1.807, 2.05) is 6.92 Å². The zero-order chi connectivity index (χ0) is 15.2. The van der Waals surface area contributed by atoms with Crippen molar-refractivity contribution in [1.29, 1.82) is 0 Å². The third kappa shape index (κ3) is 4.62. The number of halogens is 2. The second-order valence-electron chi connectivity index (χ2n) is 4.50. The van der Waals surface area contributed by atoms with Gasteiger partial charge in [-0.3, -0.25) is 9.78 Å². The van der Waals surface area contributed by atoms with Crippen molar-refractivity contribution in [3.05, 3.63) is 52.3 Å². The molecule has 0 saturated carbocycles. The molecular weight excluding hydrogens is 309 g/mol. The molecule has 0 aliphatic heterocycles. The molecule has 0 saturated heterocycles. The van der Waals surface area contributed by atoms with E-state index in [0.717, 1.165) is 12.1 Å². The van der Waals surface area contributed by atoms with Crippen LogP contribution < -0.4 is 10.6 Å². The van der Waals surface area contributed by atoms with Gasteiger partial charge in [-0.2, -0.15) is 0 Å². The molecule has 0 radical (unpaired) electrons. The molecule has 1 aromatic heterocycles. The van der Waals surface area contributed by atoms with Gasteiger partial charge in [0, 0.05) is 28.5 Å². The largest absolute Gasteiger partial charge is 0.354 e. The van der Waals surface area contributed by atoms with Crippen LogP contribution in [0.1, 0.15) is 23.7 Å². The van der Waals surface area contributed by atoms with Gasteiger partial charge in [-0.25, -0.2) is 0 Å². The van der Waals surface area contributed by atoms with Gasteiger partial charge in [-0.15, -0.1) is 0 Å². The smallest absolute Gasteiger partial charge is 0.252 e. The van der Waals surface area contributed by atoms with Crippen LogP contribution in [-0.4, -0.2) is 17.4 Å². The number of carbonyl (C=O) groups is 1. The fourth-order valence-electron chi connectivity index (χ4n) is 1.77. The number of benzene rings is 1. The Kier molecular flexibility index (Phi) is 5.42. The number of carbonyl (C=O) groups excluding carboxylic acids is 1. The summed E-state index contributed by atoms with van der Waals surface area (Å²) in [6.45, 7) is 2.64. The first-order valence-corrected chi connectivity index (χ1v) is 7.30. The Morgan fingerprint density at radius 1 is 1.10 bits per heavy atom. The van der Waals surface area contributed by atoms with Crippen LogP contribution in [0.4, 0.5) is 11.4 Å². The highest BCUT2D eigenvalue weighted by atomic mass is 35.5. The predicted octanol–water partition coefficient (Wildman–Crippen LogP) is 4.27. The molecule has 2 N–H and O–H groups in total. The fourth-order valence-corrected chi connectivity index (χ4v) is 2.29. The van der Waals surface area contributed by atoms with E-state index in [-0.39, 0.29) is 5.91 Å². The standard InChI is InChI=1S/C15H15Cl2N3O/c1-2-3-19-15(21)10-4-14(9-18-8-10)20-13-6-11(16)5-12(17)7-13/h4-9,20H,2-3H2,1H3,(H,19,21). The molecule has 1 heterocycles. The van der Waals surface area contributed by atoms with Crippen LogP contribution in [-0.2, 0) is 0 Å². The molecule has 110 valence electrons. The average molecular weight is 324 g/mol. The molecular formula is C15H15Cl2N3O. The van der Waals surface area contributed by atoms with Crippen molar-refractivity contribution in [1.82, 2.24) is 10.3 Å².